The fourth-order valence-electron chi connectivity index (χ4n) is 3.29. The molecule has 2 N–H and O–H groups in total. The normalized spacial score (nSPS) is 13.5. The van der Waals surface area contributed by atoms with Gasteiger partial charge in [-0.25, -0.2) is 4.39 Å². The van der Waals surface area contributed by atoms with Crippen LogP contribution in [0.3, 0.4) is 0 Å². The second-order valence-corrected chi connectivity index (χ2v) is 7.51. The molecule has 30 heavy (non-hydrogen) atoms. The lowest BCUT2D eigenvalue weighted by atomic mass is 10.00. The zero-order chi connectivity index (χ0) is 21.1. The number of nitrogens with one attached hydrogen (secondary N) is 2. The highest BCUT2D eigenvalue weighted by Gasteiger charge is 2.17. The van der Waals surface area contributed by atoms with Gasteiger partial charge < -0.3 is 10.1 Å². The van der Waals surface area contributed by atoms with Gasteiger partial charge in [-0.05, 0) is 49.7 Å². The Hall–Kier alpha value is -3.55. The fourth-order valence-corrected chi connectivity index (χ4v) is 3.29. The second-order valence-electron chi connectivity index (χ2n) is 7.51. The van der Waals surface area contributed by atoms with Crippen LogP contribution in [-0.2, 0) is 11.2 Å². The number of hydrogen-bond acceptors (Lipinski definition) is 5. The van der Waals surface area contributed by atoms with Crippen LogP contribution in [0.5, 0.6) is 5.75 Å². The number of benzene rings is 2. The minimum Gasteiger partial charge on any atom is -0.481 e. The number of H-pyrrole nitrogens is 1. The number of carbonyl (C=O) groups excluding carboxylic acids is 1. The Morgan fingerprint density at radius 1 is 1.23 bits per heavy atom. The summed E-state index contributed by atoms with van der Waals surface area (Å²) in [6, 6.07) is 10.7. The first kappa shape index (κ1) is 19.8. The van der Waals surface area contributed by atoms with Gasteiger partial charge >= 0.3 is 0 Å². The lowest BCUT2D eigenvalue weighted by Gasteiger charge is -2.11. The highest BCUT2D eigenvalue weighted by molar-refractivity contribution is 6.15. The van der Waals surface area contributed by atoms with Gasteiger partial charge in [0.05, 0.1) is 23.1 Å². The molecule has 0 saturated heterocycles. The Labute approximate surface area is 173 Å². The number of aromatic amines is 1. The predicted molar refractivity (Wildman–Crippen MR) is 114 cm³/mol. The van der Waals surface area contributed by atoms with Crippen LogP contribution >= 0.6 is 0 Å². The van der Waals surface area contributed by atoms with E-state index in [2.05, 4.69) is 31.8 Å². The van der Waals surface area contributed by atoms with Crippen LogP contribution in [0.2, 0.25) is 0 Å². The molecule has 0 aliphatic carbocycles. The van der Waals surface area contributed by atoms with Crippen molar-refractivity contribution >= 4 is 28.2 Å². The third-order valence-corrected chi connectivity index (χ3v) is 4.67. The molecule has 7 nitrogen and oxygen atoms in total. The predicted octanol–water partition coefficient (Wildman–Crippen LogP) is 3.40. The largest absolute Gasteiger partial charge is 0.481 e. The molecule has 0 unspecified atom stereocenters. The molecular formula is C22H22FN5O2. The summed E-state index contributed by atoms with van der Waals surface area (Å²) >= 11 is 0. The van der Waals surface area contributed by atoms with Gasteiger partial charge in [0, 0.05) is 29.8 Å². The topological polar surface area (TPSA) is 91.7 Å². The molecule has 154 valence electrons. The van der Waals surface area contributed by atoms with E-state index < -0.39 is 5.82 Å². The van der Waals surface area contributed by atoms with Crippen molar-refractivity contribution in [3.8, 4) is 5.75 Å². The summed E-state index contributed by atoms with van der Waals surface area (Å²) in [4.78, 5) is 11.7. The number of halogens is 1. The number of aromatic nitrogens is 2. The van der Waals surface area contributed by atoms with E-state index in [-0.39, 0.29) is 24.3 Å². The SMILES string of the molecule is CC(C)NC(=O)COc1ccc(C2=NN=C(Cc3ccc4[nH]ncc4c3)C2)cc1F. The van der Waals surface area contributed by atoms with Crippen LogP contribution in [0.4, 0.5) is 4.39 Å². The summed E-state index contributed by atoms with van der Waals surface area (Å²) in [5.74, 6) is -0.794. The highest BCUT2D eigenvalue weighted by Crippen LogP contribution is 2.22. The van der Waals surface area contributed by atoms with Crippen molar-refractivity contribution in [3.05, 3.63) is 59.5 Å². The summed E-state index contributed by atoms with van der Waals surface area (Å²) < 4.78 is 19.7. The molecule has 0 bridgehead atoms. The number of hydrogen-bond donors (Lipinski definition) is 2. The van der Waals surface area contributed by atoms with Crippen LogP contribution in [-0.4, -0.2) is 40.2 Å². The molecule has 0 saturated carbocycles. The Kier molecular flexibility index (Phi) is 5.56. The number of nitrogens with zero attached hydrogens (tertiary/aromatic N) is 3. The van der Waals surface area contributed by atoms with E-state index in [1.807, 2.05) is 26.0 Å². The van der Waals surface area contributed by atoms with E-state index in [1.165, 1.54) is 12.1 Å². The maximum Gasteiger partial charge on any atom is 0.258 e. The van der Waals surface area contributed by atoms with Crippen LogP contribution in [0.15, 0.2) is 52.8 Å². The van der Waals surface area contributed by atoms with Crippen molar-refractivity contribution in [2.24, 2.45) is 10.2 Å². The van der Waals surface area contributed by atoms with Gasteiger partial charge in [-0.2, -0.15) is 15.3 Å². The van der Waals surface area contributed by atoms with Crippen molar-refractivity contribution in [2.45, 2.75) is 32.7 Å². The van der Waals surface area contributed by atoms with Crippen LogP contribution < -0.4 is 10.1 Å². The molecule has 2 aromatic carbocycles. The van der Waals surface area contributed by atoms with Crippen molar-refractivity contribution in [1.82, 2.24) is 15.5 Å². The minimum atomic E-state index is -0.536. The average molecular weight is 407 g/mol. The molecule has 0 spiro atoms. The second kappa shape index (κ2) is 8.44. The Morgan fingerprint density at radius 2 is 2.10 bits per heavy atom. The monoisotopic (exact) mass is 407 g/mol. The first-order chi connectivity index (χ1) is 14.5. The lowest BCUT2D eigenvalue weighted by Crippen LogP contribution is -2.34. The van der Waals surface area contributed by atoms with Gasteiger partial charge in [-0.15, -0.1) is 0 Å². The van der Waals surface area contributed by atoms with E-state index in [4.69, 9.17) is 4.74 Å². The van der Waals surface area contributed by atoms with Gasteiger partial charge in [-0.3, -0.25) is 9.89 Å². The molecule has 3 aromatic rings. The van der Waals surface area contributed by atoms with Crippen molar-refractivity contribution < 1.29 is 13.9 Å². The number of rotatable bonds is 7. The molecule has 1 aromatic heterocycles. The standard InChI is InChI=1S/C22H22FN5O2/c1-13(2)25-22(29)12-30-21-6-4-15(9-18(21)23)20-10-17(26-28-20)8-14-3-5-19-16(7-14)11-24-27-19/h3-7,9,11,13H,8,10,12H2,1-2H3,(H,24,27)(H,25,29). The van der Waals surface area contributed by atoms with E-state index in [9.17, 15) is 9.18 Å². The number of amides is 1. The van der Waals surface area contributed by atoms with E-state index in [0.29, 0.717) is 24.1 Å². The van der Waals surface area contributed by atoms with Gasteiger partial charge in [0.15, 0.2) is 18.2 Å². The van der Waals surface area contributed by atoms with Gasteiger partial charge in [-0.1, -0.05) is 6.07 Å². The highest BCUT2D eigenvalue weighted by atomic mass is 19.1. The molecule has 8 heteroatoms. The molecule has 1 aliphatic heterocycles. The first-order valence-corrected chi connectivity index (χ1v) is 9.74. The molecular weight excluding hydrogens is 385 g/mol. The summed E-state index contributed by atoms with van der Waals surface area (Å²) in [7, 11) is 0. The molecule has 0 fully saturated rings. The number of ether oxygens (including phenoxy) is 1. The lowest BCUT2D eigenvalue weighted by molar-refractivity contribution is -0.123. The smallest absolute Gasteiger partial charge is 0.258 e. The summed E-state index contributed by atoms with van der Waals surface area (Å²) in [6.07, 6.45) is 3.01. The van der Waals surface area contributed by atoms with E-state index in [1.54, 1.807) is 12.3 Å². The summed E-state index contributed by atoms with van der Waals surface area (Å²) in [5, 5.41) is 19.2. The molecule has 2 heterocycles. The quantitative estimate of drug-likeness (QED) is 0.629. The fraction of sp³-hybridized carbons (Fsp3) is 0.273. The van der Waals surface area contributed by atoms with Crippen molar-refractivity contribution in [2.75, 3.05) is 6.61 Å². The summed E-state index contributed by atoms with van der Waals surface area (Å²) in [5.41, 5.74) is 4.38. The Bertz CT molecular complexity index is 1150. The van der Waals surface area contributed by atoms with Crippen molar-refractivity contribution in [3.63, 3.8) is 0 Å². The molecule has 1 aliphatic rings. The first-order valence-electron chi connectivity index (χ1n) is 9.74. The minimum absolute atomic E-state index is 0.00417. The summed E-state index contributed by atoms with van der Waals surface area (Å²) in [6.45, 7) is 3.47. The number of fused-ring (bicyclic) bond motifs is 1. The van der Waals surface area contributed by atoms with Crippen LogP contribution in [0.1, 0.15) is 31.4 Å². The van der Waals surface area contributed by atoms with E-state index >= 15 is 0 Å². The Morgan fingerprint density at radius 3 is 2.90 bits per heavy atom. The third-order valence-electron chi connectivity index (χ3n) is 4.67. The van der Waals surface area contributed by atoms with Gasteiger partial charge in [0.1, 0.15) is 0 Å². The van der Waals surface area contributed by atoms with E-state index in [0.717, 1.165) is 22.2 Å². The average Bonchev–Trinajstić information content (AvgIpc) is 3.35. The molecule has 1 amide bonds. The Balaban J connectivity index is 1.36. The molecule has 4 rings (SSSR count). The zero-order valence-electron chi connectivity index (χ0n) is 16.8. The van der Waals surface area contributed by atoms with Gasteiger partial charge in [0.25, 0.3) is 5.91 Å². The van der Waals surface area contributed by atoms with Crippen LogP contribution in [0.25, 0.3) is 10.9 Å². The number of carbonyl (C=O) groups is 1. The maximum atomic E-state index is 14.4. The third kappa shape index (κ3) is 4.53. The van der Waals surface area contributed by atoms with Gasteiger partial charge in [0.2, 0.25) is 0 Å². The maximum absolute atomic E-state index is 14.4. The van der Waals surface area contributed by atoms with Crippen molar-refractivity contribution in [1.29, 1.82) is 0 Å². The van der Waals surface area contributed by atoms with Crippen LogP contribution in [0, 0.1) is 5.82 Å². The zero-order valence-corrected chi connectivity index (χ0v) is 16.8. The molecule has 0 atom stereocenters. The molecule has 0 radical (unpaired) electrons.